The zero-order chi connectivity index (χ0) is 9.03. The third kappa shape index (κ3) is 3.10. The molecule has 0 saturated heterocycles. The Balaban J connectivity index is 2.26. The predicted octanol–water partition coefficient (Wildman–Crippen LogP) is 3.08. The second-order valence-electron chi connectivity index (χ2n) is 4.07. The minimum atomic E-state index is -1.01. The fourth-order valence-corrected chi connectivity index (χ4v) is 1.65. The molecule has 1 rings (SSSR count). The molecule has 1 aliphatic carbocycles. The van der Waals surface area contributed by atoms with Crippen LogP contribution < -0.4 is 0 Å². The van der Waals surface area contributed by atoms with Crippen molar-refractivity contribution in [3.63, 3.8) is 0 Å². The molecule has 72 valence electrons. The van der Waals surface area contributed by atoms with Crippen LogP contribution in [-0.2, 0) is 4.74 Å². The van der Waals surface area contributed by atoms with E-state index in [1.165, 1.54) is 6.42 Å². The Morgan fingerprint density at radius 2 is 1.83 bits per heavy atom. The summed E-state index contributed by atoms with van der Waals surface area (Å²) in [5.74, 6) is 0. The van der Waals surface area contributed by atoms with Crippen LogP contribution in [0, 0.1) is 0 Å². The topological polar surface area (TPSA) is 9.23 Å². The van der Waals surface area contributed by atoms with E-state index in [2.05, 4.69) is 0 Å². The minimum absolute atomic E-state index is 0.152. The molecule has 0 bridgehead atoms. The van der Waals surface area contributed by atoms with Crippen LogP contribution in [0.3, 0.4) is 0 Å². The fourth-order valence-electron chi connectivity index (χ4n) is 1.65. The van der Waals surface area contributed by atoms with Gasteiger partial charge >= 0.3 is 0 Å². The lowest BCUT2D eigenvalue weighted by atomic mass is 9.87. The lowest BCUT2D eigenvalue weighted by Crippen LogP contribution is -2.33. The van der Waals surface area contributed by atoms with Crippen molar-refractivity contribution in [3.8, 4) is 0 Å². The molecule has 0 aromatic carbocycles. The van der Waals surface area contributed by atoms with Gasteiger partial charge in [-0.15, -0.1) is 0 Å². The number of alkyl halides is 1. The van der Waals surface area contributed by atoms with Gasteiger partial charge < -0.3 is 4.74 Å². The average Bonchev–Trinajstić information content (AvgIpc) is 2.03. The standard InChI is InChI=1S/C10H19FO/c1-9(2)12-8-10(11)6-4-3-5-7-10/h9H,3-8H2,1-2H3. The summed E-state index contributed by atoms with van der Waals surface area (Å²) in [6.45, 7) is 4.20. The molecule has 0 spiro atoms. The van der Waals surface area contributed by atoms with E-state index in [0.717, 1.165) is 12.8 Å². The SMILES string of the molecule is CC(C)OCC1(F)CCCCC1. The molecule has 1 nitrogen and oxygen atoms in total. The van der Waals surface area contributed by atoms with Gasteiger partial charge in [0.15, 0.2) is 0 Å². The Labute approximate surface area is 74.3 Å². The molecule has 0 aliphatic heterocycles. The molecular weight excluding hydrogens is 155 g/mol. The van der Waals surface area contributed by atoms with Crippen LogP contribution in [0.25, 0.3) is 0 Å². The maximum absolute atomic E-state index is 13.8. The highest BCUT2D eigenvalue weighted by molar-refractivity contribution is 4.82. The Hall–Kier alpha value is -0.110. The number of halogens is 1. The molecule has 1 fully saturated rings. The summed E-state index contributed by atoms with van der Waals surface area (Å²) < 4.78 is 19.1. The van der Waals surface area contributed by atoms with Gasteiger partial charge in [-0.05, 0) is 26.7 Å². The predicted molar refractivity (Wildman–Crippen MR) is 48.0 cm³/mol. The third-order valence-electron chi connectivity index (χ3n) is 2.42. The summed E-state index contributed by atoms with van der Waals surface area (Å²) in [5.41, 5.74) is -1.01. The van der Waals surface area contributed by atoms with Gasteiger partial charge in [-0.25, -0.2) is 4.39 Å². The summed E-state index contributed by atoms with van der Waals surface area (Å²) in [6.07, 6.45) is 4.78. The van der Waals surface area contributed by atoms with E-state index < -0.39 is 5.67 Å². The van der Waals surface area contributed by atoms with Crippen LogP contribution >= 0.6 is 0 Å². The van der Waals surface area contributed by atoms with Crippen molar-refractivity contribution >= 4 is 0 Å². The summed E-state index contributed by atoms with van der Waals surface area (Å²) in [4.78, 5) is 0. The van der Waals surface area contributed by atoms with Gasteiger partial charge in [-0.1, -0.05) is 19.3 Å². The van der Waals surface area contributed by atoms with Gasteiger partial charge in [0.05, 0.1) is 12.7 Å². The molecule has 0 radical (unpaired) electrons. The summed E-state index contributed by atoms with van der Waals surface area (Å²) in [7, 11) is 0. The third-order valence-corrected chi connectivity index (χ3v) is 2.42. The van der Waals surface area contributed by atoms with Gasteiger partial charge in [0.25, 0.3) is 0 Å². The zero-order valence-electron chi connectivity index (χ0n) is 8.11. The van der Waals surface area contributed by atoms with E-state index in [1.54, 1.807) is 0 Å². The number of ether oxygens (including phenoxy) is 1. The van der Waals surface area contributed by atoms with Crippen LogP contribution in [-0.4, -0.2) is 18.4 Å². The molecule has 0 aromatic heterocycles. The van der Waals surface area contributed by atoms with Crippen molar-refractivity contribution in [1.82, 2.24) is 0 Å². The molecule has 0 unspecified atom stereocenters. The van der Waals surface area contributed by atoms with E-state index in [9.17, 15) is 4.39 Å². The van der Waals surface area contributed by atoms with Gasteiger partial charge in [-0.2, -0.15) is 0 Å². The maximum atomic E-state index is 13.8. The Bertz CT molecular complexity index is 128. The molecule has 0 atom stereocenters. The quantitative estimate of drug-likeness (QED) is 0.639. The van der Waals surface area contributed by atoms with Crippen molar-refractivity contribution in [3.05, 3.63) is 0 Å². The Morgan fingerprint density at radius 3 is 2.33 bits per heavy atom. The largest absolute Gasteiger partial charge is 0.375 e. The van der Waals surface area contributed by atoms with Gasteiger partial charge in [-0.3, -0.25) is 0 Å². The van der Waals surface area contributed by atoms with E-state index in [-0.39, 0.29) is 6.10 Å². The lowest BCUT2D eigenvalue weighted by Gasteiger charge is -2.29. The van der Waals surface area contributed by atoms with Crippen molar-refractivity contribution in [2.45, 2.75) is 57.7 Å². The van der Waals surface area contributed by atoms with Crippen LogP contribution in [0.1, 0.15) is 46.0 Å². The smallest absolute Gasteiger partial charge is 0.134 e. The van der Waals surface area contributed by atoms with Gasteiger partial charge in [0.1, 0.15) is 5.67 Å². The highest BCUT2D eigenvalue weighted by Gasteiger charge is 2.31. The van der Waals surface area contributed by atoms with Crippen molar-refractivity contribution < 1.29 is 9.13 Å². The highest BCUT2D eigenvalue weighted by Crippen LogP contribution is 2.32. The highest BCUT2D eigenvalue weighted by atomic mass is 19.1. The van der Waals surface area contributed by atoms with E-state index in [1.807, 2.05) is 13.8 Å². The Morgan fingerprint density at radius 1 is 1.25 bits per heavy atom. The molecule has 1 aliphatic rings. The first-order chi connectivity index (χ1) is 5.62. The molecule has 0 N–H and O–H groups in total. The van der Waals surface area contributed by atoms with Gasteiger partial charge in [0, 0.05) is 0 Å². The Kier molecular flexibility index (Phi) is 3.51. The zero-order valence-corrected chi connectivity index (χ0v) is 8.11. The monoisotopic (exact) mass is 174 g/mol. The van der Waals surface area contributed by atoms with E-state index in [4.69, 9.17) is 4.74 Å². The molecule has 0 amide bonds. The normalized spacial score (nSPS) is 23.0. The van der Waals surface area contributed by atoms with Crippen molar-refractivity contribution in [2.75, 3.05) is 6.61 Å². The molecule has 1 saturated carbocycles. The maximum Gasteiger partial charge on any atom is 0.134 e. The van der Waals surface area contributed by atoms with E-state index in [0.29, 0.717) is 19.4 Å². The summed E-state index contributed by atoms with van der Waals surface area (Å²) in [5, 5.41) is 0. The summed E-state index contributed by atoms with van der Waals surface area (Å²) >= 11 is 0. The second kappa shape index (κ2) is 4.22. The first-order valence-electron chi connectivity index (χ1n) is 4.93. The van der Waals surface area contributed by atoms with Crippen LogP contribution in [0.2, 0.25) is 0 Å². The summed E-state index contributed by atoms with van der Waals surface area (Å²) in [6, 6.07) is 0. The number of hydrogen-bond acceptors (Lipinski definition) is 1. The van der Waals surface area contributed by atoms with Crippen LogP contribution in [0.4, 0.5) is 4.39 Å². The van der Waals surface area contributed by atoms with Crippen molar-refractivity contribution in [2.24, 2.45) is 0 Å². The molecule has 12 heavy (non-hydrogen) atoms. The van der Waals surface area contributed by atoms with Crippen LogP contribution in [0.15, 0.2) is 0 Å². The lowest BCUT2D eigenvalue weighted by molar-refractivity contribution is -0.0319. The minimum Gasteiger partial charge on any atom is -0.375 e. The molecular formula is C10H19FO. The molecule has 0 heterocycles. The van der Waals surface area contributed by atoms with Crippen molar-refractivity contribution in [1.29, 1.82) is 0 Å². The first kappa shape index (κ1) is 9.97. The fraction of sp³-hybridized carbons (Fsp3) is 1.00. The number of hydrogen-bond donors (Lipinski definition) is 0. The number of rotatable bonds is 3. The molecule has 0 aromatic rings. The van der Waals surface area contributed by atoms with E-state index >= 15 is 0 Å². The molecule has 2 heteroatoms. The van der Waals surface area contributed by atoms with Gasteiger partial charge in [0.2, 0.25) is 0 Å². The second-order valence-corrected chi connectivity index (χ2v) is 4.07. The van der Waals surface area contributed by atoms with Crippen LogP contribution in [0.5, 0.6) is 0 Å². The first-order valence-corrected chi connectivity index (χ1v) is 4.93. The average molecular weight is 174 g/mol.